The first-order chi connectivity index (χ1) is 9.90. The van der Waals surface area contributed by atoms with Gasteiger partial charge in [0.2, 0.25) is 15.9 Å². The first kappa shape index (κ1) is 17.6. The predicted molar refractivity (Wildman–Crippen MR) is 79.0 cm³/mol. The average molecular weight is 315 g/mol. The Morgan fingerprint density at radius 2 is 2.14 bits per heavy atom. The Hall–Kier alpha value is -1.48. The molecule has 0 spiro atoms. The maximum Gasteiger partial charge on any atom is 0.241 e. The first-order valence-electron chi connectivity index (χ1n) is 6.48. The molecular formula is C13H21N3O4S. The summed E-state index contributed by atoms with van der Waals surface area (Å²) in [5.74, 6) is -0.411. The quantitative estimate of drug-likeness (QED) is 0.564. The number of nitrogens with one attached hydrogen (secondary N) is 2. The lowest BCUT2D eigenvalue weighted by molar-refractivity contribution is -0.122. The van der Waals surface area contributed by atoms with Gasteiger partial charge in [0.1, 0.15) is 0 Å². The van der Waals surface area contributed by atoms with Crippen LogP contribution in [-0.2, 0) is 26.1 Å². The van der Waals surface area contributed by atoms with E-state index in [4.69, 9.17) is 10.5 Å². The molecule has 118 valence electrons. The summed E-state index contributed by atoms with van der Waals surface area (Å²) in [6.45, 7) is 2.41. The van der Waals surface area contributed by atoms with Crippen molar-refractivity contribution in [3.63, 3.8) is 0 Å². The highest BCUT2D eigenvalue weighted by atomic mass is 32.2. The van der Waals surface area contributed by atoms with Gasteiger partial charge in [-0.05, 0) is 24.6 Å². The van der Waals surface area contributed by atoms with Gasteiger partial charge in [-0.15, -0.1) is 0 Å². The number of sulfonamides is 1. The van der Waals surface area contributed by atoms with E-state index in [1.807, 2.05) is 0 Å². The Bertz CT molecular complexity index is 575. The topological polar surface area (TPSA) is 111 Å². The highest BCUT2D eigenvalue weighted by molar-refractivity contribution is 7.89. The predicted octanol–water partition coefficient (Wildman–Crippen LogP) is -0.425. The van der Waals surface area contributed by atoms with Crippen LogP contribution in [-0.4, -0.2) is 40.6 Å². The molecule has 1 aromatic carbocycles. The van der Waals surface area contributed by atoms with Crippen LogP contribution in [0.4, 0.5) is 0 Å². The number of hydrogen-bond acceptors (Lipinski definition) is 5. The summed E-state index contributed by atoms with van der Waals surface area (Å²) < 4.78 is 31.5. The number of carbonyl (C=O) groups excluding carboxylic acids is 1. The van der Waals surface area contributed by atoms with Crippen molar-refractivity contribution in [3.05, 3.63) is 29.8 Å². The molecule has 0 aromatic heterocycles. The molecule has 0 radical (unpaired) electrons. The summed E-state index contributed by atoms with van der Waals surface area (Å²) in [5.41, 5.74) is 6.19. The van der Waals surface area contributed by atoms with Crippen LogP contribution in [0.25, 0.3) is 0 Å². The molecule has 0 aliphatic heterocycles. The molecule has 1 aromatic rings. The summed E-state index contributed by atoms with van der Waals surface area (Å²) in [6, 6.07) is 5.41. The fourth-order valence-corrected chi connectivity index (χ4v) is 2.90. The average Bonchev–Trinajstić information content (AvgIpc) is 2.47. The highest BCUT2D eigenvalue weighted by Crippen LogP contribution is 2.11. The van der Waals surface area contributed by atoms with Crippen LogP contribution in [0.15, 0.2) is 29.2 Å². The van der Waals surface area contributed by atoms with Crippen molar-refractivity contribution in [2.75, 3.05) is 20.3 Å². The maximum atomic E-state index is 12.2. The molecule has 21 heavy (non-hydrogen) atoms. The zero-order valence-corrected chi connectivity index (χ0v) is 12.9. The normalized spacial score (nSPS) is 12.9. The minimum absolute atomic E-state index is 0.0852. The summed E-state index contributed by atoms with van der Waals surface area (Å²) in [4.78, 5) is 11.8. The lowest BCUT2D eigenvalue weighted by atomic mass is 10.2. The van der Waals surface area contributed by atoms with Gasteiger partial charge in [0, 0.05) is 20.2 Å². The molecule has 4 N–H and O–H groups in total. The maximum absolute atomic E-state index is 12.2. The zero-order chi connectivity index (χ0) is 15.9. The molecular weight excluding hydrogens is 294 g/mol. The molecule has 0 saturated heterocycles. The van der Waals surface area contributed by atoms with E-state index in [2.05, 4.69) is 10.0 Å². The number of amides is 1. The van der Waals surface area contributed by atoms with E-state index in [0.29, 0.717) is 18.7 Å². The molecule has 0 fully saturated rings. The van der Waals surface area contributed by atoms with Gasteiger partial charge in [0.15, 0.2) is 0 Å². The Balaban J connectivity index is 2.72. The van der Waals surface area contributed by atoms with Gasteiger partial charge in [-0.2, -0.15) is 4.72 Å². The van der Waals surface area contributed by atoms with Crippen LogP contribution >= 0.6 is 0 Å². The van der Waals surface area contributed by atoms with Crippen LogP contribution in [0.5, 0.6) is 0 Å². The van der Waals surface area contributed by atoms with Crippen molar-refractivity contribution in [2.24, 2.45) is 5.73 Å². The Morgan fingerprint density at radius 3 is 2.76 bits per heavy atom. The minimum Gasteiger partial charge on any atom is -0.383 e. The van der Waals surface area contributed by atoms with Crippen molar-refractivity contribution in [2.45, 2.75) is 24.4 Å². The molecule has 0 saturated carbocycles. The van der Waals surface area contributed by atoms with Crippen molar-refractivity contribution in [1.82, 2.24) is 10.0 Å². The largest absolute Gasteiger partial charge is 0.383 e. The van der Waals surface area contributed by atoms with Gasteiger partial charge in [0.25, 0.3) is 0 Å². The molecule has 1 amide bonds. The summed E-state index contributed by atoms with van der Waals surface area (Å²) in [7, 11) is -2.25. The van der Waals surface area contributed by atoms with Crippen LogP contribution in [0.3, 0.4) is 0 Å². The minimum atomic E-state index is -3.77. The first-order valence-corrected chi connectivity index (χ1v) is 7.97. The fourth-order valence-electron chi connectivity index (χ4n) is 1.62. The third-order valence-corrected chi connectivity index (χ3v) is 4.31. The van der Waals surface area contributed by atoms with Crippen molar-refractivity contribution in [1.29, 1.82) is 0 Å². The smallest absolute Gasteiger partial charge is 0.241 e. The van der Waals surface area contributed by atoms with Gasteiger partial charge in [0.05, 0.1) is 17.5 Å². The van der Waals surface area contributed by atoms with Crippen LogP contribution in [0.2, 0.25) is 0 Å². The molecule has 1 unspecified atom stereocenters. The van der Waals surface area contributed by atoms with E-state index in [1.54, 1.807) is 12.1 Å². The molecule has 0 bridgehead atoms. The van der Waals surface area contributed by atoms with E-state index in [-0.39, 0.29) is 11.4 Å². The summed E-state index contributed by atoms with van der Waals surface area (Å²) in [5, 5.41) is 2.57. The van der Waals surface area contributed by atoms with Crippen LogP contribution < -0.4 is 15.8 Å². The highest BCUT2D eigenvalue weighted by Gasteiger charge is 2.21. The second kappa shape index (κ2) is 8.08. The molecule has 1 atom stereocenters. The van der Waals surface area contributed by atoms with E-state index < -0.39 is 22.0 Å². The lowest BCUT2D eigenvalue weighted by Gasteiger charge is -2.14. The number of methoxy groups -OCH3 is 1. The van der Waals surface area contributed by atoms with Crippen LogP contribution in [0, 0.1) is 0 Å². The molecule has 0 aliphatic rings. The third kappa shape index (κ3) is 5.43. The Labute approximate surface area is 124 Å². The number of ether oxygens (including phenoxy) is 1. The van der Waals surface area contributed by atoms with Gasteiger partial charge < -0.3 is 15.8 Å². The van der Waals surface area contributed by atoms with Gasteiger partial charge >= 0.3 is 0 Å². The number of rotatable bonds is 8. The summed E-state index contributed by atoms with van der Waals surface area (Å²) in [6.07, 6.45) is 0. The molecule has 0 heterocycles. The standard InChI is InChI=1S/C13H21N3O4S/c1-10(13(17)15-6-7-20-2)16-21(18,19)12-5-3-4-11(8-12)9-14/h3-5,8,10,16H,6-7,9,14H2,1-2H3,(H,15,17). The zero-order valence-electron chi connectivity index (χ0n) is 12.1. The molecule has 0 aliphatic carbocycles. The van der Waals surface area contributed by atoms with Crippen molar-refractivity contribution in [3.8, 4) is 0 Å². The van der Waals surface area contributed by atoms with E-state index in [0.717, 1.165) is 0 Å². The van der Waals surface area contributed by atoms with Crippen molar-refractivity contribution >= 4 is 15.9 Å². The van der Waals surface area contributed by atoms with Gasteiger partial charge in [-0.25, -0.2) is 8.42 Å². The SMILES string of the molecule is COCCNC(=O)C(C)NS(=O)(=O)c1cccc(CN)c1. The second-order valence-electron chi connectivity index (χ2n) is 4.48. The number of hydrogen-bond donors (Lipinski definition) is 3. The lowest BCUT2D eigenvalue weighted by Crippen LogP contribution is -2.45. The third-order valence-electron chi connectivity index (χ3n) is 2.78. The van der Waals surface area contributed by atoms with Gasteiger partial charge in [-0.1, -0.05) is 12.1 Å². The monoisotopic (exact) mass is 315 g/mol. The fraction of sp³-hybridized carbons (Fsp3) is 0.462. The van der Waals surface area contributed by atoms with Crippen LogP contribution in [0.1, 0.15) is 12.5 Å². The molecule has 1 rings (SSSR count). The second-order valence-corrected chi connectivity index (χ2v) is 6.19. The number of benzene rings is 1. The molecule has 7 nitrogen and oxygen atoms in total. The Morgan fingerprint density at radius 1 is 1.43 bits per heavy atom. The van der Waals surface area contributed by atoms with E-state index in [9.17, 15) is 13.2 Å². The Kier molecular flexibility index (Phi) is 6.76. The number of nitrogens with two attached hydrogens (primary N) is 1. The van der Waals surface area contributed by atoms with E-state index in [1.165, 1.54) is 26.2 Å². The van der Waals surface area contributed by atoms with Gasteiger partial charge in [-0.3, -0.25) is 4.79 Å². The van der Waals surface area contributed by atoms with Crippen molar-refractivity contribution < 1.29 is 17.9 Å². The number of carbonyl (C=O) groups is 1. The van der Waals surface area contributed by atoms with E-state index >= 15 is 0 Å². The summed E-state index contributed by atoms with van der Waals surface area (Å²) >= 11 is 0. The molecule has 8 heteroatoms.